The number of ether oxygens (including phenoxy) is 3. The highest BCUT2D eigenvalue weighted by Gasteiger charge is 2.65. The van der Waals surface area contributed by atoms with Crippen LogP contribution in [0.1, 0.15) is 26.7 Å². The summed E-state index contributed by atoms with van der Waals surface area (Å²) in [5.41, 5.74) is 0.913. The summed E-state index contributed by atoms with van der Waals surface area (Å²) in [6, 6.07) is 0. The van der Waals surface area contributed by atoms with E-state index < -0.39 is 0 Å². The minimum absolute atomic E-state index is 0.107. The van der Waals surface area contributed by atoms with E-state index in [4.69, 9.17) is 14.2 Å². The fraction of sp³-hybridized carbons (Fsp3) is 0.667. The number of allylic oxidation sites excluding steroid dienone is 2. The fourth-order valence-corrected chi connectivity index (χ4v) is 2.99. The van der Waals surface area contributed by atoms with E-state index in [-0.39, 0.29) is 29.5 Å². The highest BCUT2D eigenvalue weighted by Crippen LogP contribution is 2.53. The van der Waals surface area contributed by atoms with Gasteiger partial charge in [-0.1, -0.05) is 11.6 Å². The second-order valence-electron chi connectivity index (χ2n) is 5.82. The van der Waals surface area contributed by atoms with Crippen LogP contribution in [0.15, 0.2) is 23.5 Å². The Bertz CT molecular complexity index is 455. The van der Waals surface area contributed by atoms with Gasteiger partial charge in [0.2, 0.25) is 0 Å². The van der Waals surface area contributed by atoms with Crippen molar-refractivity contribution in [2.24, 2.45) is 5.92 Å². The number of rotatable bonds is 4. The lowest BCUT2D eigenvalue weighted by atomic mass is 9.78. The number of epoxide rings is 2. The normalized spacial score (nSPS) is 39.8. The van der Waals surface area contributed by atoms with Crippen LogP contribution in [0.4, 0.5) is 0 Å². The van der Waals surface area contributed by atoms with Crippen LogP contribution in [-0.2, 0) is 19.0 Å². The quantitative estimate of drug-likeness (QED) is 0.575. The third-order valence-electron chi connectivity index (χ3n) is 4.18. The minimum atomic E-state index is -0.382. The molecule has 1 unspecified atom stereocenters. The van der Waals surface area contributed by atoms with Crippen molar-refractivity contribution in [3.05, 3.63) is 23.5 Å². The maximum absolute atomic E-state index is 11.8. The zero-order valence-electron chi connectivity index (χ0n) is 11.6. The summed E-state index contributed by atoms with van der Waals surface area (Å²) >= 11 is 0. The summed E-state index contributed by atoms with van der Waals surface area (Å²) in [6.07, 6.45) is 5.54. The molecular weight excluding hydrogens is 244 g/mol. The fourth-order valence-electron chi connectivity index (χ4n) is 2.99. The van der Waals surface area contributed by atoms with Crippen molar-refractivity contribution < 1.29 is 19.0 Å². The Morgan fingerprint density at radius 2 is 2.32 bits per heavy atom. The predicted molar refractivity (Wildman–Crippen MR) is 69.6 cm³/mol. The average molecular weight is 264 g/mol. The van der Waals surface area contributed by atoms with E-state index in [9.17, 15) is 4.79 Å². The second kappa shape index (κ2) is 4.46. The van der Waals surface area contributed by atoms with E-state index in [2.05, 4.69) is 19.9 Å². The largest absolute Gasteiger partial charge is 0.498 e. The zero-order chi connectivity index (χ0) is 13.6. The van der Waals surface area contributed by atoms with Crippen molar-refractivity contribution in [2.75, 3.05) is 13.7 Å². The standard InChI is InChI=1S/C15H20O4/c1-9(2)4-5-12-14(19-12)11-6-10(16)7-13(17-3)15(11)8-18-15/h4,7,11-12,14H,5-6,8H2,1-3H3/t11?,12-,14-,15+/m1/s1. The molecule has 2 aliphatic heterocycles. The van der Waals surface area contributed by atoms with Crippen molar-refractivity contribution >= 4 is 5.78 Å². The van der Waals surface area contributed by atoms with Crippen molar-refractivity contribution in [1.82, 2.24) is 0 Å². The summed E-state index contributed by atoms with van der Waals surface area (Å²) in [5.74, 6) is 0.889. The molecule has 0 radical (unpaired) electrons. The number of ketones is 1. The molecule has 19 heavy (non-hydrogen) atoms. The van der Waals surface area contributed by atoms with Gasteiger partial charge in [0.1, 0.15) is 5.76 Å². The number of hydrogen-bond acceptors (Lipinski definition) is 4. The van der Waals surface area contributed by atoms with Crippen LogP contribution in [0.3, 0.4) is 0 Å². The van der Waals surface area contributed by atoms with Crippen molar-refractivity contribution in [1.29, 1.82) is 0 Å². The molecule has 0 saturated carbocycles. The minimum Gasteiger partial charge on any atom is -0.498 e. The third-order valence-corrected chi connectivity index (χ3v) is 4.18. The molecule has 4 heteroatoms. The Hall–Kier alpha value is -1.13. The molecule has 0 bridgehead atoms. The van der Waals surface area contributed by atoms with Gasteiger partial charge in [0.25, 0.3) is 0 Å². The van der Waals surface area contributed by atoms with Crippen LogP contribution < -0.4 is 0 Å². The van der Waals surface area contributed by atoms with Gasteiger partial charge in [-0.15, -0.1) is 0 Å². The van der Waals surface area contributed by atoms with Crippen LogP contribution in [0, 0.1) is 5.92 Å². The molecule has 0 aromatic carbocycles. The molecule has 2 fully saturated rings. The van der Waals surface area contributed by atoms with Gasteiger partial charge < -0.3 is 14.2 Å². The van der Waals surface area contributed by atoms with Gasteiger partial charge in [0.05, 0.1) is 25.9 Å². The van der Waals surface area contributed by atoms with Crippen LogP contribution in [0.2, 0.25) is 0 Å². The van der Waals surface area contributed by atoms with Crippen LogP contribution >= 0.6 is 0 Å². The molecule has 3 aliphatic rings. The molecule has 4 atom stereocenters. The maximum Gasteiger partial charge on any atom is 0.159 e. The molecule has 0 N–H and O–H groups in total. The van der Waals surface area contributed by atoms with Gasteiger partial charge >= 0.3 is 0 Å². The Balaban J connectivity index is 1.71. The van der Waals surface area contributed by atoms with E-state index in [0.29, 0.717) is 18.8 Å². The number of carbonyl (C=O) groups excluding carboxylic acids is 1. The first-order valence-corrected chi connectivity index (χ1v) is 6.78. The summed E-state index contributed by atoms with van der Waals surface area (Å²) in [6.45, 7) is 4.80. The lowest BCUT2D eigenvalue weighted by molar-refractivity contribution is -0.117. The lowest BCUT2D eigenvalue weighted by Crippen LogP contribution is -2.38. The average Bonchev–Trinajstić information content (AvgIpc) is 3.25. The molecule has 0 amide bonds. The Kier molecular flexibility index (Phi) is 3.02. The van der Waals surface area contributed by atoms with Gasteiger partial charge in [0.15, 0.2) is 11.4 Å². The van der Waals surface area contributed by atoms with Gasteiger partial charge in [-0.2, -0.15) is 0 Å². The van der Waals surface area contributed by atoms with Gasteiger partial charge in [-0.05, 0) is 20.3 Å². The SMILES string of the molecule is COC1=CC(=O)CC([C@H]2O[C@@H]2CC=C(C)C)[C@@]12CO2. The van der Waals surface area contributed by atoms with Crippen LogP contribution in [0.25, 0.3) is 0 Å². The molecule has 4 nitrogen and oxygen atoms in total. The highest BCUT2D eigenvalue weighted by molar-refractivity contribution is 5.92. The molecule has 0 aromatic rings. The highest BCUT2D eigenvalue weighted by atomic mass is 16.6. The van der Waals surface area contributed by atoms with Crippen LogP contribution in [-0.4, -0.2) is 37.3 Å². The lowest BCUT2D eigenvalue weighted by Gasteiger charge is -2.27. The predicted octanol–water partition coefficient (Wildman–Crippen LogP) is 2.00. The van der Waals surface area contributed by atoms with Gasteiger partial charge in [0, 0.05) is 18.4 Å². The summed E-state index contributed by atoms with van der Waals surface area (Å²) in [7, 11) is 1.60. The smallest absolute Gasteiger partial charge is 0.159 e. The summed E-state index contributed by atoms with van der Waals surface area (Å²) in [5, 5.41) is 0. The van der Waals surface area contributed by atoms with Gasteiger partial charge in [-0.3, -0.25) is 4.79 Å². The maximum atomic E-state index is 11.8. The zero-order valence-corrected chi connectivity index (χ0v) is 11.6. The van der Waals surface area contributed by atoms with E-state index in [0.717, 1.165) is 6.42 Å². The first-order valence-electron chi connectivity index (χ1n) is 6.78. The topological polar surface area (TPSA) is 51.4 Å². The third kappa shape index (κ3) is 2.23. The first kappa shape index (κ1) is 12.9. The van der Waals surface area contributed by atoms with E-state index >= 15 is 0 Å². The van der Waals surface area contributed by atoms with E-state index in [1.807, 2.05) is 0 Å². The Morgan fingerprint density at radius 1 is 1.58 bits per heavy atom. The molecule has 1 aliphatic carbocycles. The van der Waals surface area contributed by atoms with Gasteiger partial charge in [-0.25, -0.2) is 0 Å². The molecule has 2 heterocycles. The van der Waals surface area contributed by atoms with Crippen molar-refractivity contribution in [2.45, 2.75) is 44.5 Å². The summed E-state index contributed by atoms with van der Waals surface area (Å²) in [4.78, 5) is 11.8. The molecule has 0 aromatic heterocycles. The van der Waals surface area contributed by atoms with Crippen molar-refractivity contribution in [3.8, 4) is 0 Å². The molecular formula is C15H20O4. The van der Waals surface area contributed by atoms with E-state index in [1.165, 1.54) is 5.57 Å². The molecule has 104 valence electrons. The second-order valence-corrected chi connectivity index (χ2v) is 5.82. The number of methoxy groups -OCH3 is 1. The summed E-state index contributed by atoms with van der Waals surface area (Å²) < 4.78 is 16.7. The van der Waals surface area contributed by atoms with Crippen molar-refractivity contribution in [3.63, 3.8) is 0 Å². The molecule has 2 saturated heterocycles. The Labute approximate surface area is 113 Å². The molecule has 3 rings (SSSR count). The first-order chi connectivity index (χ1) is 9.06. The molecule has 1 spiro atoms. The number of carbonyl (C=O) groups is 1. The Morgan fingerprint density at radius 3 is 2.89 bits per heavy atom. The van der Waals surface area contributed by atoms with E-state index in [1.54, 1.807) is 13.2 Å². The number of hydrogen-bond donors (Lipinski definition) is 0. The monoisotopic (exact) mass is 264 g/mol. The van der Waals surface area contributed by atoms with Crippen LogP contribution in [0.5, 0.6) is 0 Å².